The van der Waals surface area contributed by atoms with Crippen molar-refractivity contribution in [3.63, 3.8) is 0 Å². The van der Waals surface area contributed by atoms with Crippen molar-refractivity contribution in [3.05, 3.63) is 69.2 Å². The molecule has 1 saturated heterocycles. The summed E-state index contributed by atoms with van der Waals surface area (Å²) in [5.74, 6) is -1.14. The highest BCUT2D eigenvalue weighted by Crippen LogP contribution is 2.33. The molecule has 250 valence electrons. The van der Waals surface area contributed by atoms with E-state index in [1.807, 2.05) is 4.90 Å². The van der Waals surface area contributed by atoms with E-state index < -0.39 is 48.9 Å². The van der Waals surface area contributed by atoms with Crippen LogP contribution < -0.4 is 4.72 Å². The number of benzene rings is 2. The molecule has 14 heteroatoms. The zero-order valence-electron chi connectivity index (χ0n) is 26.3. The number of para-hydroxylation sites is 1. The number of hydrogen-bond donors (Lipinski definition) is 1. The van der Waals surface area contributed by atoms with Crippen molar-refractivity contribution in [2.45, 2.75) is 88.7 Å². The molecule has 0 bridgehead atoms. The highest BCUT2D eigenvalue weighted by molar-refractivity contribution is 7.89. The number of rotatable bonds is 12. The molecule has 1 aliphatic carbocycles. The van der Waals surface area contributed by atoms with Gasteiger partial charge in [-0.1, -0.05) is 55.1 Å². The summed E-state index contributed by atoms with van der Waals surface area (Å²) in [4.78, 5) is 53.4. The van der Waals surface area contributed by atoms with Gasteiger partial charge >= 0.3 is 5.97 Å². The van der Waals surface area contributed by atoms with Crippen molar-refractivity contribution in [2.24, 2.45) is 5.41 Å². The second-order valence-corrected chi connectivity index (χ2v) is 14.7. The molecule has 4 rings (SSSR count). The first-order chi connectivity index (χ1) is 21.7. The Hall–Kier alpha value is -3.55. The number of sulfonamides is 1. The van der Waals surface area contributed by atoms with Crippen LogP contribution in [0, 0.1) is 15.5 Å². The van der Waals surface area contributed by atoms with Crippen LogP contribution in [-0.2, 0) is 35.6 Å². The fourth-order valence-electron chi connectivity index (χ4n) is 6.19. The molecule has 1 saturated carbocycles. The van der Waals surface area contributed by atoms with E-state index in [0.717, 1.165) is 44.2 Å². The van der Waals surface area contributed by atoms with E-state index in [0.29, 0.717) is 17.0 Å². The van der Waals surface area contributed by atoms with Gasteiger partial charge in [0.05, 0.1) is 16.4 Å². The highest BCUT2D eigenvalue weighted by Gasteiger charge is 2.44. The van der Waals surface area contributed by atoms with Gasteiger partial charge in [-0.05, 0) is 63.3 Å². The van der Waals surface area contributed by atoms with Gasteiger partial charge in [-0.2, -0.15) is 4.72 Å². The highest BCUT2D eigenvalue weighted by atomic mass is 35.5. The van der Waals surface area contributed by atoms with Gasteiger partial charge < -0.3 is 14.5 Å². The molecule has 0 spiro atoms. The number of nitrogens with zero attached hydrogens (tertiary/aromatic N) is 3. The zero-order valence-corrected chi connectivity index (χ0v) is 27.9. The summed E-state index contributed by atoms with van der Waals surface area (Å²) in [6.45, 7) is 5.18. The van der Waals surface area contributed by atoms with Crippen molar-refractivity contribution in [1.82, 2.24) is 14.5 Å². The molecule has 2 aromatic rings. The van der Waals surface area contributed by atoms with Gasteiger partial charge in [-0.15, -0.1) is 0 Å². The van der Waals surface area contributed by atoms with Crippen LogP contribution >= 0.6 is 11.6 Å². The maximum atomic E-state index is 14.1. The number of esters is 1. The van der Waals surface area contributed by atoms with Crippen molar-refractivity contribution < 1.29 is 32.5 Å². The molecule has 2 aliphatic rings. The molecule has 0 unspecified atom stereocenters. The quantitative estimate of drug-likeness (QED) is 0.196. The maximum absolute atomic E-state index is 14.1. The number of nitro groups is 1. The van der Waals surface area contributed by atoms with Crippen LogP contribution in [0.1, 0.15) is 64.9 Å². The van der Waals surface area contributed by atoms with Crippen LogP contribution in [0.15, 0.2) is 53.4 Å². The predicted octanol–water partition coefficient (Wildman–Crippen LogP) is 4.49. The minimum atomic E-state index is -4.50. The monoisotopic (exact) mass is 676 g/mol. The number of carbonyl (C=O) groups is 3. The van der Waals surface area contributed by atoms with Crippen molar-refractivity contribution in [2.75, 3.05) is 19.7 Å². The summed E-state index contributed by atoms with van der Waals surface area (Å²) in [6, 6.07) is 9.96. The van der Waals surface area contributed by atoms with Crippen LogP contribution in [0.3, 0.4) is 0 Å². The van der Waals surface area contributed by atoms with E-state index in [-0.39, 0.29) is 44.1 Å². The van der Waals surface area contributed by atoms with E-state index >= 15 is 0 Å². The Kier molecular flexibility index (Phi) is 11.4. The van der Waals surface area contributed by atoms with E-state index in [9.17, 15) is 32.9 Å². The number of nitrogens with one attached hydrogen (secondary N) is 1. The third-order valence-corrected chi connectivity index (χ3v) is 10.4. The normalized spacial score (nSPS) is 18.2. The Morgan fingerprint density at radius 1 is 1.07 bits per heavy atom. The number of carbonyl (C=O) groups excluding carboxylic acids is 3. The molecule has 2 amide bonds. The van der Waals surface area contributed by atoms with E-state index in [1.54, 1.807) is 43.0 Å². The van der Waals surface area contributed by atoms with Crippen LogP contribution in [0.5, 0.6) is 0 Å². The Morgan fingerprint density at radius 3 is 2.35 bits per heavy atom. The lowest BCUT2D eigenvalue weighted by molar-refractivity contribution is -0.387. The fourth-order valence-corrected chi connectivity index (χ4v) is 7.68. The summed E-state index contributed by atoms with van der Waals surface area (Å²) < 4.78 is 34.7. The number of halogens is 1. The van der Waals surface area contributed by atoms with Gasteiger partial charge in [0.15, 0.2) is 4.90 Å². The summed E-state index contributed by atoms with van der Waals surface area (Å²) >= 11 is 6.04. The summed E-state index contributed by atoms with van der Waals surface area (Å²) in [6.07, 6.45) is 5.15. The number of amides is 2. The lowest BCUT2D eigenvalue weighted by Gasteiger charge is -2.42. The summed E-state index contributed by atoms with van der Waals surface area (Å²) in [5.41, 5.74) is -0.959. The lowest BCUT2D eigenvalue weighted by atomic mass is 9.87. The van der Waals surface area contributed by atoms with Crippen molar-refractivity contribution in [3.8, 4) is 0 Å². The summed E-state index contributed by atoms with van der Waals surface area (Å²) in [5, 5.41) is 12.1. The molecule has 0 radical (unpaired) electrons. The van der Waals surface area contributed by atoms with Crippen LogP contribution in [0.4, 0.5) is 5.69 Å². The first kappa shape index (κ1) is 35.3. The topological polar surface area (TPSA) is 156 Å². The molecule has 12 nitrogen and oxygen atoms in total. The molecule has 1 aliphatic heterocycles. The van der Waals surface area contributed by atoms with E-state index in [1.165, 1.54) is 19.1 Å². The standard InChI is InChI=1S/C32H41ClN4O8S/c1-22(38)45-21-32(2,3)31(40)36(25-9-5-4-6-10-25)26-17-18-35(20-26)30(39)27(19-23-13-15-24(33)16-14-23)34-46(43,44)29-12-8-7-11-28(29)37(41)42/h7-8,11-16,25-27,34H,4-6,9-10,17-21H2,1-3H3/t26-,27+/m0/s1. The molecular weight excluding hydrogens is 636 g/mol. The molecule has 1 N–H and O–H groups in total. The summed E-state index contributed by atoms with van der Waals surface area (Å²) in [7, 11) is -4.50. The first-order valence-corrected chi connectivity index (χ1v) is 17.3. The van der Waals surface area contributed by atoms with Crippen molar-refractivity contribution in [1.29, 1.82) is 0 Å². The SMILES string of the molecule is CC(=O)OCC(C)(C)C(=O)N(C1CCCCC1)[C@H]1CCN(C(=O)[C@@H](Cc2ccc(Cl)cc2)NS(=O)(=O)c2ccccc2[N+](=O)[O-])C1. The Balaban J connectivity index is 1.61. The van der Waals surface area contributed by atoms with Gasteiger partial charge in [0, 0.05) is 37.1 Å². The molecular formula is C32H41ClN4O8S. The average molecular weight is 677 g/mol. The van der Waals surface area contributed by atoms with Crippen LogP contribution in [-0.4, -0.2) is 78.7 Å². The van der Waals surface area contributed by atoms with Gasteiger partial charge in [0.2, 0.25) is 21.8 Å². The molecule has 2 aromatic carbocycles. The number of likely N-dealkylation sites (tertiary alicyclic amines) is 1. The van der Waals surface area contributed by atoms with Crippen LogP contribution in [0.2, 0.25) is 5.02 Å². The van der Waals surface area contributed by atoms with E-state index in [2.05, 4.69) is 4.72 Å². The smallest absolute Gasteiger partial charge is 0.302 e. The lowest BCUT2D eigenvalue weighted by Crippen LogP contribution is -2.55. The predicted molar refractivity (Wildman–Crippen MR) is 171 cm³/mol. The molecule has 1 heterocycles. The Morgan fingerprint density at radius 2 is 1.72 bits per heavy atom. The molecule has 0 aromatic heterocycles. The molecule has 2 atom stereocenters. The minimum Gasteiger partial charge on any atom is -0.465 e. The van der Waals surface area contributed by atoms with Gasteiger partial charge in [0.25, 0.3) is 5.69 Å². The first-order valence-electron chi connectivity index (χ1n) is 15.4. The second kappa shape index (κ2) is 14.9. The van der Waals surface area contributed by atoms with Crippen LogP contribution in [0.25, 0.3) is 0 Å². The largest absolute Gasteiger partial charge is 0.465 e. The number of ether oxygens (including phenoxy) is 1. The number of nitro benzene ring substituents is 1. The van der Waals surface area contributed by atoms with Gasteiger partial charge in [0.1, 0.15) is 12.6 Å². The van der Waals surface area contributed by atoms with Crippen molar-refractivity contribution >= 4 is 45.1 Å². The number of hydrogen-bond acceptors (Lipinski definition) is 8. The third-order valence-electron chi connectivity index (χ3n) is 8.59. The second-order valence-electron chi connectivity index (χ2n) is 12.6. The average Bonchev–Trinajstić information content (AvgIpc) is 3.50. The Labute approximate surface area is 274 Å². The molecule has 2 fully saturated rings. The Bertz CT molecular complexity index is 1540. The van der Waals surface area contributed by atoms with Gasteiger partial charge in [-0.3, -0.25) is 24.5 Å². The zero-order chi connectivity index (χ0) is 33.6. The van der Waals surface area contributed by atoms with E-state index in [4.69, 9.17) is 16.3 Å². The maximum Gasteiger partial charge on any atom is 0.302 e. The fraction of sp³-hybridized carbons (Fsp3) is 0.531. The minimum absolute atomic E-state index is 0.0279. The van der Waals surface area contributed by atoms with Gasteiger partial charge in [-0.25, -0.2) is 8.42 Å². The third kappa shape index (κ3) is 8.62. The molecule has 46 heavy (non-hydrogen) atoms.